The molecule has 17 heavy (non-hydrogen) atoms. The van der Waals surface area contributed by atoms with E-state index in [2.05, 4.69) is 5.32 Å². The van der Waals surface area contributed by atoms with Crippen molar-refractivity contribution in [1.29, 1.82) is 0 Å². The van der Waals surface area contributed by atoms with Crippen molar-refractivity contribution in [3.05, 3.63) is 29.8 Å². The van der Waals surface area contributed by atoms with Gasteiger partial charge in [0.05, 0.1) is 13.2 Å². The number of nitrogens with zero attached hydrogens (tertiary/aromatic N) is 1. The molecular formula is C13H20N2O2. The predicted octanol–water partition coefficient (Wildman–Crippen LogP) is 1.26. The van der Waals surface area contributed by atoms with Crippen molar-refractivity contribution in [2.45, 2.75) is 19.5 Å². The molecule has 1 aromatic carbocycles. The molecule has 94 valence electrons. The van der Waals surface area contributed by atoms with Crippen LogP contribution in [-0.2, 0) is 11.3 Å². The number of hydrogen-bond acceptors (Lipinski definition) is 3. The number of amides is 1. The highest BCUT2D eigenvalue weighted by Crippen LogP contribution is 2.14. The third kappa shape index (κ3) is 3.75. The molecule has 0 aromatic heterocycles. The average Bonchev–Trinajstić information content (AvgIpc) is 2.37. The molecule has 4 nitrogen and oxygen atoms in total. The molecule has 0 saturated carbocycles. The van der Waals surface area contributed by atoms with Gasteiger partial charge in [0.25, 0.3) is 0 Å². The molecule has 0 heterocycles. The van der Waals surface area contributed by atoms with Gasteiger partial charge in [-0.3, -0.25) is 9.69 Å². The third-order valence-corrected chi connectivity index (χ3v) is 2.85. The van der Waals surface area contributed by atoms with E-state index in [1.165, 1.54) is 0 Å². The number of hydrogen-bond donors (Lipinski definition) is 1. The minimum absolute atomic E-state index is 0.0235. The molecule has 0 aliphatic heterocycles. The summed E-state index contributed by atoms with van der Waals surface area (Å²) in [4.78, 5) is 13.5. The minimum Gasteiger partial charge on any atom is -0.497 e. The summed E-state index contributed by atoms with van der Waals surface area (Å²) in [6.07, 6.45) is 0. The topological polar surface area (TPSA) is 41.6 Å². The fourth-order valence-electron chi connectivity index (χ4n) is 1.60. The Morgan fingerprint density at radius 2 is 2.24 bits per heavy atom. The highest BCUT2D eigenvalue weighted by atomic mass is 16.5. The second kappa shape index (κ2) is 6.25. The highest BCUT2D eigenvalue weighted by Gasteiger charge is 2.16. The Morgan fingerprint density at radius 1 is 1.53 bits per heavy atom. The third-order valence-electron chi connectivity index (χ3n) is 2.85. The second-order valence-electron chi connectivity index (χ2n) is 4.06. The summed E-state index contributed by atoms with van der Waals surface area (Å²) in [5.74, 6) is 0.860. The Bertz CT molecular complexity index is 379. The first-order valence-corrected chi connectivity index (χ1v) is 5.63. The maximum Gasteiger partial charge on any atom is 0.236 e. The molecule has 1 amide bonds. The fourth-order valence-corrected chi connectivity index (χ4v) is 1.60. The molecule has 0 saturated heterocycles. The van der Waals surface area contributed by atoms with E-state index in [9.17, 15) is 4.79 Å². The van der Waals surface area contributed by atoms with Crippen LogP contribution >= 0.6 is 0 Å². The van der Waals surface area contributed by atoms with Crippen LogP contribution in [0.2, 0.25) is 0 Å². The molecule has 1 N–H and O–H groups in total. The Hall–Kier alpha value is -1.55. The van der Waals surface area contributed by atoms with Crippen molar-refractivity contribution < 1.29 is 9.53 Å². The molecule has 0 bridgehead atoms. The molecule has 1 rings (SSSR count). The normalized spacial score (nSPS) is 12.3. The minimum atomic E-state index is -0.147. The van der Waals surface area contributed by atoms with E-state index >= 15 is 0 Å². The van der Waals surface area contributed by atoms with Crippen molar-refractivity contribution in [1.82, 2.24) is 10.2 Å². The zero-order valence-electron chi connectivity index (χ0n) is 10.9. The molecule has 0 radical (unpaired) electrons. The smallest absolute Gasteiger partial charge is 0.236 e. The Kier molecular flexibility index (Phi) is 4.97. The van der Waals surface area contributed by atoms with E-state index < -0.39 is 0 Å². The molecule has 0 aliphatic rings. The van der Waals surface area contributed by atoms with Gasteiger partial charge in [-0.1, -0.05) is 12.1 Å². The van der Waals surface area contributed by atoms with E-state index in [1.807, 2.05) is 43.1 Å². The van der Waals surface area contributed by atoms with Crippen molar-refractivity contribution in [3.8, 4) is 5.75 Å². The van der Waals surface area contributed by atoms with Crippen molar-refractivity contribution in [3.63, 3.8) is 0 Å². The van der Waals surface area contributed by atoms with Crippen LogP contribution in [0.5, 0.6) is 5.75 Å². The lowest BCUT2D eigenvalue weighted by Crippen LogP contribution is -2.41. The Balaban J connectivity index is 2.66. The largest absolute Gasteiger partial charge is 0.497 e. The maximum atomic E-state index is 11.5. The van der Waals surface area contributed by atoms with Crippen molar-refractivity contribution in [2.24, 2.45) is 0 Å². The van der Waals surface area contributed by atoms with E-state index in [1.54, 1.807) is 14.2 Å². The number of carbonyl (C=O) groups is 1. The van der Waals surface area contributed by atoms with Gasteiger partial charge in [-0.2, -0.15) is 0 Å². The summed E-state index contributed by atoms with van der Waals surface area (Å²) in [5, 5.41) is 2.65. The fraction of sp³-hybridized carbons (Fsp3) is 0.462. The first-order valence-electron chi connectivity index (χ1n) is 5.63. The van der Waals surface area contributed by atoms with Crippen LogP contribution in [0.3, 0.4) is 0 Å². The average molecular weight is 236 g/mol. The molecule has 1 aromatic rings. The van der Waals surface area contributed by atoms with Crippen LogP contribution in [0.4, 0.5) is 0 Å². The lowest BCUT2D eigenvalue weighted by molar-refractivity contribution is -0.125. The molecular weight excluding hydrogens is 216 g/mol. The van der Waals surface area contributed by atoms with Gasteiger partial charge < -0.3 is 10.1 Å². The summed E-state index contributed by atoms with van der Waals surface area (Å²) < 4.78 is 5.17. The van der Waals surface area contributed by atoms with Crippen LogP contribution in [0.15, 0.2) is 24.3 Å². The zero-order valence-corrected chi connectivity index (χ0v) is 10.9. The van der Waals surface area contributed by atoms with Gasteiger partial charge >= 0.3 is 0 Å². The zero-order chi connectivity index (χ0) is 12.8. The molecule has 0 spiro atoms. The van der Waals surface area contributed by atoms with Crippen molar-refractivity contribution in [2.75, 3.05) is 21.2 Å². The lowest BCUT2D eigenvalue weighted by atomic mass is 10.2. The van der Waals surface area contributed by atoms with Gasteiger partial charge in [-0.05, 0) is 31.7 Å². The molecule has 0 unspecified atom stereocenters. The van der Waals surface area contributed by atoms with Crippen LogP contribution in [-0.4, -0.2) is 38.1 Å². The Labute approximate surface area is 103 Å². The van der Waals surface area contributed by atoms with Gasteiger partial charge in [0.1, 0.15) is 5.75 Å². The number of nitrogens with one attached hydrogen (secondary N) is 1. The molecule has 0 fully saturated rings. The second-order valence-corrected chi connectivity index (χ2v) is 4.06. The standard InChI is InChI=1S/C13H20N2O2/c1-10(13(16)14-2)15(3)9-11-6-5-7-12(8-11)17-4/h5-8,10H,9H2,1-4H3,(H,14,16)/t10-/m0/s1. The number of likely N-dealkylation sites (N-methyl/N-ethyl adjacent to an activating group) is 2. The summed E-state index contributed by atoms with van der Waals surface area (Å²) >= 11 is 0. The first-order chi connectivity index (χ1) is 8.08. The molecule has 4 heteroatoms. The summed E-state index contributed by atoms with van der Waals surface area (Å²) in [6, 6.07) is 7.71. The van der Waals surface area contributed by atoms with Gasteiger partial charge in [0.2, 0.25) is 5.91 Å². The SMILES string of the molecule is CNC(=O)[C@H](C)N(C)Cc1cccc(OC)c1. The number of benzene rings is 1. The van der Waals surface area contributed by atoms with Gasteiger partial charge in [0.15, 0.2) is 0 Å². The lowest BCUT2D eigenvalue weighted by Gasteiger charge is -2.23. The summed E-state index contributed by atoms with van der Waals surface area (Å²) in [7, 11) is 5.23. The van der Waals surface area contributed by atoms with Crippen LogP contribution in [0.1, 0.15) is 12.5 Å². The monoisotopic (exact) mass is 236 g/mol. The van der Waals surface area contributed by atoms with Crippen LogP contribution in [0.25, 0.3) is 0 Å². The molecule has 0 aliphatic carbocycles. The summed E-state index contributed by atoms with van der Waals surface area (Å²) in [6.45, 7) is 2.60. The summed E-state index contributed by atoms with van der Waals surface area (Å²) in [5.41, 5.74) is 1.13. The van der Waals surface area contributed by atoms with Gasteiger partial charge in [0, 0.05) is 13.6 Å². The molecule has 1 atom stereocenters. The van der Waals surface area contributed by atoms with Gasteiger partial charge in [-0.15, -0.1) is 0 Å². The van der Waals surface area contributed by atoms with Crippen LogP contribution < -0.4 is 10.1 Å². The predicted molar refractivity (Wildman–Crippen MR) is 68.0 cm³/mol. The number of methoxy groups -OCH3 is 1. The Morgan fingerprint density at radius 3 is 2.82 bits per heavy atom. The quantitative estimate of drug-likeness (QED) is 0.837. The van der Waals surface area contributed by atoms with E-state index in [0.29, 0.717) is 6.54 Å². The van der Waals surface area contributed by atoms with Crippen LogP contribution in [0, 0.1) is 0 Å². The van der Waals surface area contributed by atoms with E-state index in [-0.39, 0.29) is 11.9 Å². The number of carbonyl (C=O) groups excluding carboxylic acids is 1. The van der Waals surface area contributed by atoms with Gasteiger partial charge in [-0.25, -0.2) is 0 Å². The maximum absolute atomic E-state index is 11.5. The van der Waals surface area contributed by atoms with Crippen molar-refractivity contribution >= 4 is 5.91 Å². The first kappa shape index (κ1) is 13.5. The number of ether oxygens (including phenoxy) is 1. The number of rotatable bonds is 5. The van der Waals surface area contributed by atoms with E-state index in [4.69, 9.17) is 4.74 Å². The highest BCUT2D eigenvalue weighted by molar-refractivity contribution is 5.80. The van der Waals surface area contributed by atoms with E-state index in [0.717, 1.165) is 11.3 Å².